The van der Waals surface area contributed by atoms with Crippen molar-refractivity contribution < 1.29 is 13.2 Å². The summed E-state index contributed by atoms with van der Waals surface area (Å²) in [5.41, 5.74) is 7.16. The lowest BCUT2D eigenvalue weighted by atomic mass is 9.99. The van der Waals surface area contributed by atoms with Crippen molar-refractivity contribution in [3.63, 3.8) is 0 Å². The Morgan fingerprint density at radius 2 is 1.70 bits per heavy atom. The van der Waals surface area contributed by atoms with Gasteiger partial charge in [0.2, 0.25) is 0 Å². The molecule has 1 aromatic heterocycles. The number of nitrogens with one attached hydrogen (secondary N) is 1. The second-order valence-electron chi connectivity index (χ2n) is 6.23. The van der Waals surface area contributed by atoms with Gasteiger partial charge in [-0.25, -0.2) is 0 Å². The molecule has 27 heavy (non-hydrogen) atoms. The first kappa shape index (κ1) is 20.3. The van der Waals surface area contributed by atoms with E-state index in [9.17, 15) is 13.2 Å². The molecule has 0 spiro atoms. The number of H-pyrrole nitrogens is 1. The predicted molar refractivity (Wildman–Crippen MR) is 106 cm³/mol. The van der Waals surface area contributed by atoms with E-state index in [4.69, 9.17) is 40.5 Å². The fourth-order valence-corrected chi connectivity index (χ4v) is 3.89. The number of fused-ring (bicyclic) bond motifs is 1. The number of benzene rings is 2. The highest BCUT2D eigenvalue weighted by atomic mass is 35.5. The van der Waals surface area contributed by atoms with Crippen LogP contribution >= 0.6 is 34.8 Å². The Kier molecular flexibility index (Phi) is 5.96. The van der Waals surface area contributed by atoms with Gasteiger partial charge in [0, 0.05) is 16.1 Å². The van der Waals surface area contributed by atoms with Crippen LogP contribution in [0.15, 0.2) is 30.3 Å². The molecular formula is C19H16Cl3F3N2. The van der Waals surface area contributed by atoms with Crippen LogP contribution in [0.4, 0.5) is 13.2 Å². The molecule has 2 aromatic carbocycles. The zero-order chi connectivity index (χ0) is 19.8. The number of unbranched alkanes of at least 4 members (excludes halogenated alkanes) is 1. The van der Waals surface area contributed by atoms with Gasteiger partial charge in [-0.2, -0.15) is 13.2 Å². The van der Waals surface area contributed by atoms with Gasteiger partial charge in [-0.15, -0.1) is 0 Å². The summed E-state index contributed by atoms with van der Waals surface area (Å²) in [6, 6.07) is 7.22. The van der Waals surface area contributed by atoms with E-state index in [1.165, 1.54) is 6.07 Å². The normalized spacial score (nSPS) is 12.1. The van der Waals surface area contributed by atoms with Crippen molar-refractivity contribution in [3.05, 3.63) is 56.5 Å². The fraction of sp³-hybridized carbons (Fsp3) is 0.263. The van der Waals surface area contributed by atoms with Gasteiger partial charge in [0.25, 0.3) is 0 Å². The topological polar surface area (TPSA) is 41.8 Å². The zero-order valence-corrected chi connectivity index (χ0v) is 16.3. The van der Waals surface area contributed by atoms with Crippen molar-refractivity contribution in [3.8, 4) is 11.3 Å². The molecule has 3 rings (SSSR count). The first-order valence-corrected chi connectivity index (χ1v) is 9.42. The van der Waals surface area contributed by atoms with E-state index in [1.807, 2.05) is 0 Å². The minimum Gasteiger partial charge on any atom is -0.353 e. The van der Waals surface area contributed by atoms with Crippen LogP contribution in [0.1, 0.15) is 24.0 Å². The van der Waals surface area contributed by atoms with Gasteiger partial charge in [0.1, 0.15) is 0 Å². The average molecular weight is 436 g/mol. The Hall–Kier alpha value is -1.40. The number of hydrogen-bond acceptors (Lipinski definition) is 1. The molecule has 0 atom stereocenters. The third-order valence-electron chi connectivity index (χ3n) is 4.37. The van der Waals surface area contributed by atoms with Crippen LogP contribution < -0.4 is 5.73 Å². The largest absolute Gasteiger partial charge is 0.417 e. The molecule has 0 saturated carbocycles. The highest BCUT2D eigenvalue weighted by molar-refractivity contribution is 6.38. The van der Waals surface area contributed by atoms with Gasteiger partial charge in [0.15, 0.2) is 0 Å². The SMILES string of the molecule is NCCCCc1c(-c2ccc(Cl)c(C(F)(F)F)c2)[nH]c2c(Cl)cc(Cl)cc12. The summed E-state index contributed by atoms with van der Waals surface area (Å²) in [6.45, 7) is 0.540. The standard InChI is InChI=1S/C19H16Cl3F3N2/c20-11-8-13-12(3-1-2-6-26)17(27-18(13)16(22)9-11)10-4-5-15(21)14(7-10)19(23,24)25/h4-5,7-9,27H,1-3,6,26H2. The van der Waals surface area contributed by atoms with E-state index < -0.39 is 11.7 Å². The smallest absolute Gasteiger partial charge is 0.353 e. The van der Waals surface area contributed by atoms with Gasteiger partial charge >= 0.3 is 6.18 Å². The van der Waals surface area contributed by atoms with Crippen molar-refractivity contribution in [2.45, 2.75) is 25.4 Å². The van der Waals surface area contributed by atoms with E-state index >= 15 is 0 Å². The molecule has 0 saturated heterocycles. The Morgan fingerprint density at radius 1 is 0.963 bits per heavy atom. The third-order valence-corrected chi connectivity index (χ3v) is 5.22. The van der Waals surface area contributed by atoms with Crippen molar-refractivity contribution >= 4 is 45.7 Å². The van der Waals surface area contributed by atoms with Crippen molar-refractivity contribution in [2.75, 3.05) is 6.54 Å². The number of aromatic amines is 1. The molecular weight excluding hydrogens is 420 g/mol. The Labute approximate surface area is 169 Å². The first-order valence-electron chi connectivity index (χ1n) is 8.29. The molecule has 0 aliphatic rings. The second-order valence-corrected chi connectivity index (χ2v) is 7.48. The minimum absolute atomic E-state index is 0.340. The summed E-state index contributed by atoms with van der Waals surface area (Å²) >= 11 is 18.2. The lowest BCUT2D eigenvalue weighted by molar-refractivity contribution is -0.137. The van der Waals surface area contributed by atoms with Crippen LogP contribution in [0.3, 0.4) is 0 Å². The summed E-state index contributed by atoms with van der Waals surface area (Å²) < 4.78 is 39.8. The Morgan fingerprint density at radius 3 is 2.37 bits per heavy atom. The molecule has 3 N–H and O–H groups in total. The number of alkyl halides is 3. The van der Waals surface area contributed by atoms with E-state index in [2.05, 4.69) is 4.98 Å². The molecule has 3 aromatic rings. The molecule has 144 valence electrons. The molecule has 0 radical (unpaired) electrons. The van der Waals surface area contributed by atoms with E-state index in [1.54, 1.807) is 18.2 Å². The summed E-state index contributed by atoms with van der Waals surface area (Å²) in [4.78, 5) is 3.17. The monoisotopic (exact) mass is 434 g/mol. The highest BCUT2D eigenvalue weighted by Crippen LogP contribution is 2.40. The minimum atomic E-state index is -4.54. The summed E-state index contributed by atoms with van der Waals surface area (Å²) in [7, 11) is 0. The van der Waals surface area contributed by atoms with Gasteiger partial charge in [-0.05, 0) is 61.2 Å². The highest BCUT2D eigenvalue weighted by Gasteiger charge is 2.33. The maximum atomic E-state index is 13.3. The van der Waals surface area contributed by atoms with Gasteiger partial charge < -0.3 is 10.7 Å². The van der Waals surface area contributed by atoms with Crippen molar-refractivity contribution in [2.24, 2.45) is 5.73 Å². The van der Waals surface area contributed by atoms with Crippen LogP contribution in [0.25, 0.3) is 22.2 Å². The molecule has 2 nitrogen and oxygen atoms in total. The van der Waals surface area contributed by atoms with Crippen LogP contribution in [-0.2, 0) is 12.6 Å². The molecule has 0 bridgehead atoms. The van der Waals surface area contributed by atoms with Crippen LogP contribution in [0.5, 0.6) is 0 Å². The van der Waals surface area contributed by atoms with E-state index in [0.717, 1.165) is 29.9 Å². The number of aromatic nitrogens is 1. The van der Waals surface area contributed by atoms with E-state index in [0.29, 0.717) is 39.8 Å². The van der Waals surface area contributed by atoms with Crippen molar-refractivity contribution in [1.82, 2.24) is 4.98 Å². The summed E-state index contributed by atoms with van der Waals surface area (Å²) in [5.74, 6) is 0. The Balaban J connectivity index is 2.21. The maximum Gasteiger partial charge on any atom is 0.417 e. The molecule has 0 aliphatic carbocycles. The van der Waals surface area contributed by atoms with Crippen LogP contribution in [0, 0.1) is 0 Å². The predicted octanol–water partition coefficient (Wildman–Crippen LogP) is 7.10. The fourth-order valence-electron chi connectivity index (χ4n) is 3.12. The number of rotatable bonds is 5. The molecule has 0 fully saturated rings. The lowest BCUT2D eigenvalue weighted by Gasteiger charge is -2.12. The molecule has 0 unspecified atom stereocenters. The zero-order valence-electron chi connectivity index (χ0n) is 14.1. The summed E-state index contributed by atoms with van der Waals surface area (Å²) in [5, 5.41) is 1.33. The molecule has 0 amide bonds. The lowest BCUT2D eigenvalue weighted by Crippen LogP contribution is -2.06. The molecule has 0 aliphatic heterocycles. The molecule has 1 heterocycles. The third kappa shape index (κ3) is 4.21. The number of hydrogen-bond donors (Lipinski definition) is 2. The van der Waals surface area contributed by atoms with Crippen LogP contribution in [-0.4, -0.2) is 11.5 Å². The van der Waals surface area contributed by atoms with Crippen LogP contribution in [0.2, 0.25) is 15.1 Å². The van der Waals surface area contributed by atoms with Gasteiger partial charge in [-0.3, -0.25) is 0 Å². The quantitative estimate of drug-likeness (QED) is 0.412. The van der Waals surface area contributed by atoms with Crippen molar-refractivity contribution in [1.29, 1.82) is 0 Å². The van der Waals surface area contributed by atoms with Gasteiger partial charge in [0.05, 0.1) is 21.1 Å². The maximum absolute atomic E-state index is 13.3. The summed E-state index contributed by atoms with van der Waals surface area (Å²) in [6.07, 6.45) is -2.32. The van der Waals surface area contributed by atoms with Gasteiger partial charge in [-0.1, -0.05) is 40.9 Å². The number of halogens is 6. The first-order chi connectivity index (χ1) is 12.7. The Bertz CT molecular complexity index is 980. The average Bonchev–Trinajstić information content (AvgIpc) is 2.93. The number of aryl methyl sites for hydroxylation is 1. The van der Waals surface area contributed by atoms with E-state index in [-0.39, 0.29) is 5.02 Å². The molecule has 8 heteroatoms. The second kappa shape index (κ2) is 7.92. The number of nitrogens with two attached hydrogens (primary N) is 1.